The summed E-state index contributed by atoms with van der Waals surface area (Å²) >= 11 is 0. The van der Waals surface area contributed by atoms with Crippen LogP contribution in [0.15, 0.2) is 18.2 Å². The van der Waals surface area contributed by atoms with E-state index in [1.165, 1.54) is 25.1 Å². The van der Waals surface area contributed by atoms with E-state index in [1.807, 2.05) is 20.8 Å². The molecule has 1 aromatic carbocycles. The predicted octanol–water partition coefficient (Wildman–Crippen LogP) is -0.430. The number of phenols is 1. The van der Waals surface area contributed by atoms with E-state index in [1.54, 1.807) is 6.92 Å². The van der Waals surface area contributed by atoms with E-state index in [-0.39, 0.29) is 41.8 Å². The number of carboxylic acid groups (broad SMARTS) is 1. The molecule has 15 heteroatoms. The molecule has 7 atom stereocenters. The number of carboxylic acids is 1. The normalized spacial score (nSPS) is 29.8. The molecule has 2 amide bonds. The third-order valence-corrected chi connectivity index (χ3v) is 9.51. The zero-order valence-corrected chi connectivity index (χ0v) is 28.5. The fourth-order valence-corrected chi connectivity index (χ4v) is 6.74. The number of aliphatic carboxylic acids is 1. The molecule has 1 aromatic rings. The van der Waals surface area contributed by atoms with Crippen molar-refractivity contribution in [3.63, 3.8) is 0 Å². The van der Waals surface area contributed by atoms with Crippen LogP contribution in [0.25, 0.3) is 0 Å². The Hall–Kier alpha value is -2.89. The maximum atomic E-state index is 12.9. The van der Waals surface area contributed by atoms with Crippen molar-refractivity contribution < 1.29 is 54.1 Å². The van der Waals surface area contributed by atoms with Gasteiger partial charge in [-0.2, -0.15) is 0 Å². The highest BCUT2D eigenvalue weighted by Gasteiger charge is 2.55. The number of ether oxygens (including phenoxy) is 3. The Morgan fingerprint density at radius 1 is 1.19 bits per heavy atom. The summed E-state index contributed by atoms with van der Waals surface area (Å²) in [5.41, 5.74) is -1.94. The number of carbonyl (C=O) groups is 3. The van der Waals surface area contributed by atoms with Gasteiger partial charge in [0, 0.05) is 58.1 Å². The summed E-state index contributed by atoms with van der Waals surface area (Å²) in [7, 11) is 0. The maximum absolute atomic E-state index is 12.9. The summed E-state index contributed by atoms with van der Waals surface area (Å²) in [5, 5.41) is 58.8. The van der Waals surface area contributed by atoms with E-state index < -0.39 is 60.4 Å². The van der Waals surface area contributed by atoms with Gasteiger partial charge in [0.1, 0.15) is 18.0 Å². The number of likely N-dealkylation sites (tertiary alicyclic amines) is 1. The van der Waals surface area contributed by atoms with Crippen LogP contribution in [0.1, 0.15) is 62.9 Å². The Morgan fingerprint density at radius 3 is 2.56 bits per heavy atom. The predicted molar refractivity (Wildman–Crippen MR) is 172 cm³/mol. The maximum Gasteiger partial charge on any atom is 0.336 e. The van der Waals surface area contributed by atoms with Crippen LogP contribution in [0.2, 0.25) is 0 Å². The molecule has 7 N–H and O–H groups in total. The highest BCUT2D eigenvalue weighted by Crippen LogP contribution is 2.37. The summed E-state index contributed by atoms with van der Waals surface area (Å²) in [6, 6.07) is 2.98. The van der Waals surface area contributed by atoms with Crippen molar-refractivity contribution in [2.75, 3.05) is 52.7 Å². The van der Waals surface area contributed by atoms with Gasteiger partial charge in [-0.3, -0.25) is 19.4 Å². The first-order valence-corrected chi connectivity index (χ1v) is 16.4. The Bertz CT molecular complexity index is 1310. The molecule has 4 rings (SSSR count). The minimum Gasteiger partial charge on any atom is -0.508 e. The van der Waals surface area contributed by atoms with E-state index in [2.05, 4.69) is 20.4 Å². The van der Waals surface area contributed by atoms with Crippen LogP contribution in [-0.2, 0) is 23.8 Å². The molecule has 15 nitrogen and oxygen atoms in total. The smallest absolute Gasteiger partial charge is 0.336 e. The number of amides is 2. The summed E-state index contributed by atoms with van der Waals surface area (Å²) in [6.45, 7) is 12.0. The zero-order chi connectivity index (χ0) is 35.4. The van der Waals surface area contributed by atoms with Gasteiger partial charge < -0.3 is 50.4 Å². The molecule has 0 bridgehead atoms. The topological polar surface area (TPSA) is 211 Å². The average Bonchev–Trinajstić information content (AvgIpc) is 3.42. The summed E-state index contributed by atoms with van der Waals surface area (Å²) in [4.78, 5) is 42.1. The standard InChI is InChI=1S/C33H52N4O11/c1-20-14-22(6-7-23(20)39)29(43)34-16-25(41)27(42)28-26(35-21(2)38)24(40)15-33(48-28,30(44)45)9-11-37-12-13-46-18-32(37)8-10-36(17-32)19-47-31(3,4)5/h6-7,14,24-28,39-42H,8-13,15-19H2,1-5H3,(H,34,43)(H,35,38)(H,44,45)/t24-,25+,26+,27+,28+,32-,33+/m0/s1. The lowest BCUT2D eigenvalue weighted by Crippen LogP contribution is -2.68. The first kappa shape index (κ1) is 37.9. The second-order valence-corrected chi connectivity index (χ2v) is 14.4. The molecule has 3 heterocycles. The zero-order valence-electron chi connectivity index (χ0n) is 28.5. The van der Waals surface area contributed by atoms with Gasteiger partial charge in [-0.15, -0.1) is 0 Å². The first-order valence-electron chi connectivity index (χ1n) is 16.4. The summed E-state index contributed by atoms with van der Waals surface area (Å²) < 4.78 is 18.0. The second kappa shape index (κ2) is 15.3. The number of aliphatic hydroxyl groups is 3. The van der Waals surface area contributed by atoms with Gasteiger partial charge in [0.2, 0.25) is 5.91 Å². The fraction of sp³-hybridized carbons (Fsp3) is 0.727. The fourth-order valence-electron chi connectivity index (χ4n) is 6.74. The van der Waals surface area contributed by atoms with E-state index in [4.69, 9.17) is 14.2 Å². The number of benzene rings is 1. The van der Waals surface area contributed by atoms with Gasteiger partial charge in [0.25, 0.3) is 5.91 Å². The Morgan fingerprint density at radius 2 is 1.92 bits per heavy atom. The lowest BCUT2D eigenvalue weighted by Gasteiger charge is -2.49. The van der Waals surface area contributed by atoms with E-state index in [0.717, 1.165) is 13.0 Å². The number of aliphatic hydroxyl groups excluding tert-OH is 3. The quantitative estimate of drug-likeness (QED) is 0.150. The molecule has 3 aliphatic heterocycles. The number of rotatable bonds is 12. The van der Waals surface area contributed by atoms with Crippen molar-refractivity contribution in [1.82, 2.24) is 20.4 Å². The number of aryl methyl sites for hydroxylation is 1. The van der Waals surface area contributed by atoms with Crippen LogP contribution in [-0.4, -0.2) is 153 Å². The lowest BCUT2D eigenvalue weighted by atomic mass is 9.81. The second-order valence-electron chi connectivity index (χ2n) is 14.4. The highest BCUT2D eigenvalue weighted by atomic mass is 16.6. The van der Waals surface area contributed by atoms with Gasteiger partial charge in [-0.1, -0.05) is 0 Å². The first-order chi connectivity index (χ1) is 22.4. The number of nitrogens with one attached hydrogen (secondary N) is 2. The molecule has 3 fully saturated rings. The molecule has 0 aromatic heterocycles. The van der Waals surface area contributed by atoms with Gasteiger partial charge in [0.05, 0.1) is 49.3 Å². The Kier molecular flexibility index (Phi) is 12.1. The van der Waals surface area contributed by atoms with Crippen LogP contribution >= 0.6 is 0 Å². The van der Waals surface area contributed by atoms with Crippen molar-refractivity contribution in [3.05, 3.63) is 29.3 Å². The van der Waals surface area contributed by atoms with Crippen molar-refractivity contribution in [2.24, 2.45) is 0 Å². The third-order valence-electron chi connectivity index (χ3n) is 9.51. The van der Waals surface area contributed by atoms with Crippen LogP contribution < -0.4 is 10.6 Å². The van der Waals surface area contributed by atoms with Crippen LogP contribution in [0, 0.1) is 6.92 Å². The lowest BCUT2D eigenvalue weighted by molar-refractivity contribution is -0.231. The Labute approximate surface area is 281 Å². The van der Waals surface area contributed by atoms with Crippen molar-refractivity contribution >= 4 is 17.8 Å². The monoisotopic (exact) mass is 680 g/mol. The van der Waals surface area contributed by atoms with E-state index in [9.17, 15) is 39.9 Å². The summed E-state index contributed by atoms with van der Waals surface area (Å²) in [6.07, 6.45) is -6.07. The Balaban J connectivity index is 1.48. The van der Waals surface area contributed by atoms with Gasteiger partial charge in [-0.05, 0) is 57.9 Å². The van der Waals surface area contributed by atoms with Gasteiger partial charge >= 0.3 is 5.97 Å². The van der Waals surface area contributed by atoms with E-state index >= 15 is 0 Å². The van der Waals surface area contributed by atoms with Gasteiger partial charge in [0.15, 0.2) is 5.60 Å². The van der Waals surface area contributed by atoms with Gasteiger partial charge in [-0.25, -0.2) is 4.79 Å². The molecule has 3 aliphatic rings. The molecule has 0 radical (unpaired) electrons. The highest BCUT2D eigenvalue weighted by molar-refractivity contribution is 5.94. The molecule has 0 saturated carbocycles. The molecule has 0 unspecified atom stereocenters. The number of carbonyl (C=O) groups excluding carboxylic acids is 2. The number of aromatic hydroxyl groups is 1. The molecule has 3 saturated heterocycles. The number of hydrogen-bond acceptors (Lipinski definition) is 12. The number of phenolic OH excluding ortho intramolecular Hbond substituents is 1. The van der Waals surface area contributed by atoms with Crippen molar-refractivity contribution in [3.8, 4) is 5.75 Å². The van der Waals surface area contributed by atoms with Crippen LogP contribution in [0.4, 0.5) is 0 Å². The largest absolute Gasteiger partial charge is 0.508 e. The molecule has 0 aliphatic carbocycles. The van der Waals surface area contributed by atoms with Crippen molar-refractivity contribution in [1.29, 1.82) is 0 Å². The third kappa shape index (κ3) is 9.01. The number of hydrogen-bond donors (Lipinski definition) is 7. The number of morpholine rings is 1. The van der Waals surface area contributed by atoms with Crippen molar-refractivity contribution in [2.45, 2.75) is 101 Å². The molecule has 48 heavy (non-hydrogen) atoms. The van der Waals surface area contributed by atoms with E-state index in [0.29, 0.717) is 38.6 Å². The number of nitrogens with zero attached hydrogens (tertiary/aromatic N) is 2. The molecule has 270 valence electrons. The van der Waals surface area contributed by atoms with Crippen LogP contribution in [0.5, 0.6) is 5.75 Å². The SMILES string of the molecule is CC(=O)N[C@H]1[C@H]([C@H](O)[C@H](O)CNC(=O)c2ccc(O)c(C)c2)O[C@@](CCN2CCOC[C@@]23CCN(COC(C)(C)C)C3)(C(=O)O)C[C@@H]1O. The molecular weight excluding hydrogens is 628 g/mol. The minimum absolute atomic E-state index is 0.0145. The minimum atomic E-state index is -1.96. The molecular formula is C33H52N4O11. The average molecular weight is 681 g/mol. The molecule has 1 spiro atoms. The summed E-state index contributed by atoms with van der Waals surface area (Å²) in [5.74, 6) is -2.47. The van der Waals surface area contributed by atoms with Crippen LogP contribution in [0.3, 0.4) is 0 Å².